The first kappa shape index (κ1) is 14.2. The summed E-state index contributed by atoms with van der Waals surface area (Å²) in [5, 5.41) is 10.6. The maximum atomic E-state index is 10.6. The molecule has 0 atom stereocenters. The second-order valence-electron chi connectivity index (χ2n) is 3.50. The van der Waals surface area contributed by atoms with Crippen LogP contribution in [-0.2, 0) is 0 Å². The molecular formula is C11H12N3NaO2. The van der Waals surface area contributed by atoms with Crippen molar-refractivity contribution in [3.05, 3.63) is 29.6 Å². The fourth-order valence-electron chi connectivity index (χ4n) is 1.68. The van der Waals surface area contributed by atoms with Crippen molar-refractivity contribution in [2.75, 3.05) is 19.6 Å². The van der Waals surface area contributed by atoms with Gasteiger partial charge in [-0.3, -0.25) is 9.98 Å². The Morgan fingerprint density at radius 1 is 1.53 bits per heavy atom. The van der Waals surface area contributed by atoms with Crippen LogP contribution in [0.25, 0.3) is 0 Å². The molecule has 2 rings (SSSR count). The standard InChI is InChI=1S/C11H13N3O2.Na/c1-2-14-6-5-12-10(14)9-4-3-8(7-13-9)11(15)16;/h3-4,7H,2,5-6H2,1H3,(H,15,16);/q;+1/p-1. The van der Waals surface area contributed by atoms with Crippen molar-refractivity contribution >= 4 is 11.8 Å². The zero-order chi connectivity index (χ0) is 11.5. The smallest absolute Gasteiger partial charge is 0.545 e. The summed E-state index contributed by atoms with van der Waals surface area (Å²) in [4.78, 5) is 21.1. The number of likely N-dealkylation sites (N-methyl/N-ethyl adjacent to an activating group) is 1. The van der Waals surface area contributed by atoms with Crippen molar-refractivity contribution in [1.29, 1.82) is 0 Å². The number of carboxylic acids is 1. The Balaban J connectivity index is 0.00000144. The van der Waals surface area contributed by atoms with Crippen LogP contribution in [0, 0.1) is 0 Å². The van der Waals surface area contributed by atoms with Crippen LogP contribution in [0.4, 0.5) is 0 Å². The number of amidine groups is 1. The number of rotatable bonds is 3. The number of pyridine rings is 1. The van der Waals surface area contributed by atoms with Gasteiger partial charge in [0.1, 0.15) is 11.5 Å². The van der Waals surface area contributed by atoms with E-state index < -0.39 is 5.97 Å². The van der Waals surface area contributed by atoms with Crippen LogP contribution in [-0.4, -0.2) is 41.3 Å². The fourth-order valence-corrected chi connectivity index (χ4v) is 1.68. The molecule has 1 aliphatic rings. The zero-order valence-electron chi connectivity index (χ0n) is 10.0. The Labute approximate surface area is 122 Å². The van der Waals surface area contributed by atoms with Crippen molar-refractivity contribution in [3.63, 3.8) is 0 Å². The average Bonchev–Trinajstić information content (AvgIpc) is 2.77. The second-order valence-corrected chi connectivity index (χ2v) is 3.50. The van der Waals surface area contributed by atoms with Gasteiger partial charge in [-0.2, -0.15) is 0 Å². The van der Waals surface area contributed by atoms with E-state index in [9.17, 15) is 9.90 Å². The largest absolute Gasteiger partial charge is 1.00 e. The number of carboxylic acid groups (broad SMARTS) is 1. The number of nitrogens with zero attached hydrogens (tertiary/aromatic N) is 3. The summed E-state index contributed by atoms with van der Waals surface area (Å²) in [5.41, 5.74) is 0.801. The van der Waals surface area contributed by atoms with Crippen LogP contribution >= 0.6 is 0 Å². The predicted octanol–water partition coefficient (Wildman–Crippen LogP) is -3.47. The van der Waals surface area contributed by atoms with Gasteiger partial charge in [0, 0.05) is 24.8 Å². The fraction of sp³-hybridized carbons (Fsp3) is 0.364. The molecule has 2 heterocycles. The van der Waals surface area contributed by atoms with Crippen molar-refractivity contribution in [1.82, 2.24) is 9.88 Å². The predicted molar refractivity (Wildman–Crippen MR) is 57.2 cm³/mol. The molecule has 0 saturated heterocycles. The Morgan fingerprint density at radius 3 is 2.82 bits per heavy atom. The van der Waals surface area contributed by atoms with Crippen molar-refractivity contribution in [2.45, 2.75) is 6.92 Å². The van der Waals surface area contributed by atoms with E-state index in [1.165, 1.54) is 12.3 Å². The SMILES string of the molecule is CCN1CCN=C1c1ccc(C(=O)[O-])cn1.[Na+]. The Morgan fingerprint density at radius 2 is 2.29 bits per heavy atom. The van der Waals surface area contributed by atoms with Gasteiger partial charge in [-0.25, -0.2) is 0 Å². The van der Waals surface area contributed by atoms with Crippen LogP contribution in [0.2, 0.25) is 0 Å². The third-order valence-corrected chi connectivity index (χ3v) is 2.54. The Hall–Kier alpha value is -0.910. The van der Waals surface area contributed by atoms with Gasteiger partial charge in [-0.15, -0.1) is 0 Å². The van der Waals surface area contributed by atoms with Crippen LogP contribution < -0.4 is 34.7 Å². The molecule has 84 valence electrons. The second kappa shape index (κ2) is 6.14. The summed E-state index contributed by atoms with van der Waals surface area (Å²) in [6.07, 6.45) is 1.30. The molecule has 0 radical (unpaired) electrons. The van der Waals surface area contributed by atoms with Crippen molar-refractivity contribution < 1.29 is 39.5 Å². The molecule has 0 spiro atoms. The minimum atomic E-state index is -1.21. The first-order valence-corrected chi connectivity index (χ1v) is 5.19. The van der Waals surface area contributed by atoms with Gasteiger partial charge in [0.15, 0.2) is 0 Å². The maximum absolute atomic E-state index is 10.6. The minimum absolute atomic E-state index is 0. The number of carbonyl (C=O) groups excluding carboxylic acids is 1. The summed E-state index contributed by atoms with van der Waals surface area (Å²) in [6, 6.07) is 3.16. The summed E-state index contributed by atoms with van der Waals surface area (Å²) >= 11 is 0. The van der Waals surface area contributed by atoms with Gasteiger partial charge >= 0.3 is 29.6 Å². The number of hydrogen-bond donors (Lipinski definition) is 0. The number of carbonyl (C=O) groups is 1. The first-order chi connectivity index (χ1) is 7.72. The molecule has 0 N–H and O–H groups in total. The van der Waals surface area contributed by atoms with E-state index in [4.69, 9.17) is 0 Å². The minimum Gasteiger partial charge on any atom is -0.545 e. The van der Waals surface area contributed by atoms with Crippen LogP contribution in [0.5, 0.6) is 0 Å². The molecule has 5 nitrogen and oxygen atoms in total. The van der Waals surface area contributed by atoms with Crippen LogP contribution in [0.15, 0.2) is 23.3 Å². The van der Waals surface area contributed by atoms with Gasteiger partial charge in [0.05, 0.1) is 12.5 Å². The summed E-state index contributed by atoms with van der Waals surface area (Å²) in [6.45, 7) is 4.60. The van der Waals surface area contributed by atoms with E-state index in [0.29, 0.717) is 5.69 Å². The van der Waals surface area contributed by atoms with Gasteiger partial charge in [-0.1, -0.05) is 0 Å². The van der Waals surface area contributed by atoms with Crippen molar-refractivity contribution in [2.24, 2.45) is 4.99 Å². The molecular weight excluding hydrogens is 229 g/mol. The molecule has 0 unspecified atom stereocenters. The number of hydrogen-bond acceptors (Lipinski definition) is 5. The van der Waals surface area contributed by atoms with Crippen molar-refractivity contribution in [3.8, 4) is 0 Å². The molecule has 1 aromatic heterocycles. The van der Waals surface area contributed by atoms with Gasteiger partial charge in [0.25, 0.3) is 0 Å². The normalized spacial score (nSPS) is 14.2. The Bertz CT molecular complexity index is 431. The third kappa shape index (κ3) is 3.06. The van der Waals surface area contributed by atoms with E-state index in [-0.39, 0.29) is 35.1 Å². The molecule has 6 heteroatoms. The molecule has 1 aliphatic heterocycles. The molecule has 0 aliphatic carbocycles. The molecule has 0 bridgehead atoms. The number of aromatic carboxylic acids is 1. The van der Waals surface area contributed by atoms with Crippen LogP contribution in [0.3, 0.4) is 0 Å². The molecule has 17 heavy (non-hydrogen) atoms. The molecule has 0 amide bonds. The monoisotopic (exact) mass is 241 g/mol. The molecule has 0 aromatic carbocycles. The van der Waals surface area contributed by atoms with E-state index >= 15 is 0 Å². The van der Waals surface area contributed by atoms with E-state index in [0.717, 1.165) is 25.5 Å². The topological polar surface area (TPSA) is 68.6 Å². The third-order valence-electron chi connectivity index (χ3n) is 2.54. The van der Waals surface area contributed by atoms with E-state index in [1.807, 2.05) is 0 Å². The molecule has 0 fully saturated rings. The summed E-state index contributed by atoms with van der Waals surface area (Å²) in [7, 11) is 0. The van der Waals surface area contributed by atoms with Crippen LogP contribution in [0.1, 0.15) is 23.0 Å². The number of aromatic nitrogens is 1. The first-order valence-electron chi connectivity index (χ1n) is 5.19. The summed E-state index contributed by atoms with van der Waals surface area (Å²) in [5.74, 6) is -0.368. The van der Waals surface area contributed by atoms with E-state index in [1.54, 1.807) is 6.07 Å². The van der Waals surface area contributed by atoms with E-state index in [2.05, 4.69) is 21.8 Å². The van der Waals surface area contributed by atoms with Gasteiger partial charge < -0.3 is 14.8 Å². The zero-order valence-corrected chi connectivity index (χ0v) is 12.0. The maximum Gasteiger partial charge on any atom is 1.00 e. The molecule has 1 aromatic rings. The van der Waals surface area contributed by atoms with Gasteiger partial charge in [-0.05, 0) is 19.1 Å². The number of aliphatic imine (C=N–C) groups is 1. The van der Waals surface area contributed by atoms with Gasteiger partial charge in [0.2, 0.25) is 0 Å². The Kier molecular flexibility index (Phi) is 5.11. The average molecular weight is 241 g/mol. The summed E-state index contributed by atoms with van der Waals surface area (Å²) < 4.78 is 0. The molecule has 0 saturated carbocycles. The quantitative estimate of drug-likeness (QED) is 0.516.